The molecule has 0 bridgehead atoms. The summed E-state index contributed by atoms with van der Waals surface area (Å²) in [5, 5.41) is 2.68. The van der Waals surface area contributed by atoms with Crippen molar-refractivity contribution in [2.24, 2.45) is 5.73 Å². The second-order valence-corrected chi connectivity index (χ2v) is 2.91. The number of amides is 1. The molecule has 0 atom stereocenters. The van der Waals surface area contributed by atoms with Crippen LogP contribution in [0.25, 0.3) is 0 Å². The highest BCUT2D eigenvalue weighted by Crippen LogP contribution is 2.02. The van der Waals surface area contributed by atoms with Crippen molar-refractivity contribution in [1.29, 1.82) is 0 Å². The molecule has 84 valence electrons. The maximum absolute atomic E-state index is 12.5. The zero-order valence-corrected chi connectivity index (χ0v) is 9.02. The largest absolute Gasteiger partial charge is 0.352 e. The number of carbonyl (C=O) groups excluding carboxylic acids is 1. The van der Waals surface area contributed by atoms with Crippen LogP contribution in [0.15, 0.2) is 24.3 Å². The van der Waals surface area contributed by atoms with E-state index in [0.29, 0.717) is 18.7 Å². The van der Waals surface area contributed by atoms with Gasteiger partial charge in [-0.2, -0.15) is 0 Å². The van der Waals surface area contributed by atoms with Crippen molar-refractivity contribution in [3.05, 3.63) is 35.6 Å². The van der Waals surface area contributed by atoms with Gasteiger partial charge in [0.15, 0.2) is 0 Å². The van der Waals surface area contributed by atoms with Gasteiger partial charge in [0.05, 0.1) is 0 Å². The molecule has 1 amide bonds. The van der Waals surface area contributed by atoms with E-state index in [1.807, 2.05) is 0 Å². The van der Waals surface area contributed by atoms with Gasteiger partial charge in [0.1, 0.15) is 5.82 Å². The van der Waals surface area contributed by atoms with E-state index in [0.717, 1.165) is 6.42 Å². The lowest BCUT2D eigenvalue weighted by Crippen LogP contribution is -2.25. The highest BCUT2D eigenvalue weighted by molar-refractivity contribution is 5.94. The van der Waals surface area contributed by atoms with Crippen LogP contribution in [-0.4, -0.2) is 19.0 Å². The lowest BCUT2D eigenvalue weighted by Gasteiger charge is -2.03. The zero-order valence-electron chi connectivity index (χ0n) is 8.20. The van der Waals surface area contributed by atoms with E-state index in [2.05, 4.69) is 5.32 Å². The third kappa shape index (κ3) is 4.76. The Morgan fingerprint density at radius 2 is 1.93 bits per heavy atom. The molecule has 1 rings (SSSR count). The third-order valence-corrected chi connectivity index (χ3v) is 1.77. The monoisotopic (exact) mass is 232 g/mol. The smallest absolute Gasteiger partial charge is 0.251 e. The molecule has 0 aliphatic carbocycles. The Hall–Kier alpha value is -1.13. The number of nitrogens with two attached hydrogens (primary N) is 1. The second-order valence-electron chi connectivity index (χ2n) is 2.91. The summed E-state index contributed by atoms with van der Waals surface area (Å²) in [5.41, 5.74) is 5.73. The van der Waals surface area contributed by atoms with Crippen LogP contribution in [0.5, 0.6) is 0 Å². The Kier molecular flexibility index (Phi) is 6.66. The van der Waals surface area contributed by atoms with Crippen molar-refractivity contribution in [2.45, 2.75) is 6.42 Å². The highest BCUT2D eigenvalue weighted by atomic mass is 35.5. The number of benzene rings is 1. The normalized spacial score (nSPS) is 9.20. The second kappa shape index (κ2) is 7.20. The molecule has 0 aliphatic rings. The van der Waals surface area contributed by atoms with E-state index >= 15 is 0 Å². The Morgan fingerprint density at radius 3 is 2.47 bits per heavy atom. The summed E-state index contributed by atoms with van der Waals surface area (Å²) < 4.78 is 12.5. The van der Waals surface area contributed by atoms with E-state index in [1.165, 1.54) is 24.3 Å². The van der Waals surface area contributed by atoms with Crippen LogP contribution < -0.4 is 11.1 Å². The molecule has 15 heavy (non-hydrogen) atoms. The number of carbonyl (C=O) groups is 1. The zero-order chi connectivity index (χ0) is 10.4. The molecule has 0 heterocycles. The first kappa shape index (κ1) is 13.9. The van der Waals surface area contributed by atoms with Gasteiger partial charge in [-0.05, 0) is 37.2 Å². The minimum Gasteiger partial charge on any atom is -0.352 e. The fraction of sp³-hybridized carbons (Fsp3) is 0.300. The first-order valence-electron chi connectivity index (χ1n) is 4.48. The molecule has 1 aromatic carbocycles. The van der Waals surface area contributed by atoms with Crippen molar-refractivity contribution in [1.82, 2.24) is 5.32 Å². The van der Waals surface area contributed by atoms with E-state index < -0.39 is 0 Å². The number of rotatable bonds is 4. The topological polar surface area (TPSA) is 55.1 Å². The van der Waals surface area contributed by atoms with E-state index in [9.17, 15) is 9.18 Å². The number of hydrogen-bond donors (Lipinski definition) is 2. The van der Waals surface area contributed by atoms with Gasteiger partial charge in [0.2, 0.25) is 0 Å². The summed E-state index contributed by atoms with van der Waals surface area (Å²) in [6, 6.07) is 5.43. The van der Waals surface area contributed by atoms with Crippen molar-refractivity contribution in [3.8, 4) is 0 Å². The van der Waals surface area contributed by atoms with Crippen molar-refractivity contribution >= 4 is 18.3 Å². The first-order chi connectivity index (χ1) is 6.74. The fourth-order valence-corrected chi connectivity index (χ4v) is 1.01. The molecule has 0 radical (unpaired) electrons. The number of nitrogens with one attached hydrogen (secondary N) is 1. The van der Waals surface area contributed by atoms with E-state index in [1.54, 1.807) is 0 Å². The predicted molar refractivity (Wildman–Crippen MR) is 59.7 cm³/mol. The minimum atomic E-state index is -0.344. The Morgan fingerprint density at radius 1 is 1.33 bits per heavy atom. The lowest BCUT2D eigenvalue weighted by atomic mass is 10.2. The van der Waals surface area contributed by atoms with Gasteiger partial charge in [-0.1, -0.05) is 0 Å². The maximum atomic E-state index is 12.5. The van der Waals surface area contributed by atoms with Crippen LogP contribution in [-0.2, 0) is 0 Å². The average molecular weight is 233 g/mol. The molecule has 0 unspecified atom stereocenters. The highest BCUT2D eigenvalue weighted by Gasteiger charge is 2.03. The maximum Gasteiger partial charge on any atom is 0.251 e. The average Bonchev–Trinajstić information content (AvgIpc) is 2.19. The van der Waals surface area contributed by atoms with Crippen LogP contribution in [0.1, 0.15) is 16.8 Å². The number of halogens is 2. The molecule has 3 nitrogen and oxygen atoms in total. The first-order valence-corrected chi connectivity index (χ1v) is 4.48. The molecule has 0 spiro atoms. The van der Waals surface area contributed by atoms with Crippen LogP contribution in [0.2, 0.25) is 0 Å². The molecule has 0 saturated heterocycles. The Labute approximate surface area is 94.3 Å². The van der Waals surface area contributed by atoms with Crippen LogP contribution in [0, 0.1) is 5.82 Å². The molecule has 0 saturated carbocycles. The molecule has 3 N–H and O–H groups in total. The summed E-state index contributed by atoms with van der Waals surface area (Å²) in [4.78, 5) is 11.4. The third-order valence-electron chi connectivity index (χ3n) is 1.77. The van der Waals surface area contributed by atoms with Gasteiger partial charge < -0.3 is 11.1 Å². The molecule has 1 aromatic rings. The van der Waals surface area contributed by atoms with Gasteiger partial charge in [-0.3, -0.25) is 4.79 Å². The molecule has 0 aromatic heterocycles. The fourth-order valence-electron chi connectivity index (χ4n) is 1.01. The summed E-state index contributed by atoms with van der Waals surface area (Å²) >= 11 is 0. The molecule has 0 aliphatic heterocycles. The van der Waals surface area contributed by atoms with Gasteiger partial charge in [-0.25, -0.2) is 4.39 Å². The molecular formula is C10H14ClFN2O. The van der Waals surface area contributed by atoms with Gasteiger partial charge >= 0.3 is 0 Å². The van der Waals surface area contributed by atoms with Crippen molar-refractivity contribution < 1.29 is 9.18 Å². The number of hydrogen-bond acceptors (Lipinski definition) is 2. The SMILES string of the molecule is Cl.NCCCNC(=O)c1ccc(F)cc1. The van der Waals surface area contributed by atoms with Crippen LogP contribution in [0.4, 0.5) is 4.39 Å². The molecule has 5 heteroatoms. The minimum absolute atomic E-state index is 0. The van der Waals surface area contributed by atoms with Gasteiger partial charge in [0, 0.05) is 12.1 Å². The van der Waals surface area contributed by atoms with Gasteiger partial charge in [0.25, 0.3) is 5.91 Å². The van der Waals surface area contributed by atoms with Crippen molar-refractivity contribution in [2.75, 3.05) is 13.1 Å². The van der Waals surface area contributed by atoms with Gasteiger partial charge in [-0.15, -0.1) is 12.4 Å². The standard InChI is InChI=1S/C10H13FN2O.ClH/c11-9-4-2-8(3-5-9)10(14)13-7-1-6-12;/h2-5H,1,6-7,12H2,(H,13,14);1H. The summed E-state index contributed by atoms with van der Waals surface area (Å²) in [6.45, 7) is 1.09. The lowest BCUT2D eigenvalue weighted by molar-refractivity contribution is 0.0953. The summed E-state index contributed by atoms with van der Waals surface area (Å²) in [6.07, 6.45) is 0.743. The Balaban J connectivity index is 0.00000196. The summed E-state index contributed by atoms with van der Waals surface area (Å²) in [7, 11) is 0. The Bertz CT molecular complexity index is 303. The molecular weight excluding hydrogens is 219 g/mol. The van der Waals surface area contributed by atoms with Crippen LogP contribution in [0.3, 0.4) is 0 Å². The van der Waals surface area contributed by atoms with Crippen LogP contribution >= 0.6 is 12.4 Å². The van der Waals surface area contributed by atoms with E-state index in [4.69, 9.17) is 5.73 Å². The quantitative estimate of drug-likeness (QED) is 0.770. The van der Waals surface area contributed by atoms with Crippen molar-refractivity contribution in [3.63, 3.8) is 0 Å². The summed E-state index contributed by atoms with van der Waals surface area (Å²) in [5.74, 6) is -0.540. The van der Waals surface area contributed by atoms with E-state index in [-0.39, 0.29) is 24.1 Å². The molecule has 0 fully saturated rings. The predicted octanol–water partition coefficient (Wildman–Crippen LogP) is 1.33.